The van der Waals surface area contributed by atoms with Crippen LogP contribution >= 0.6 is 22.9 Å². The zero-order chi connectivity index (χ0) is 12.3. The number of halogens is 1. The van der Waals surface area contributed by atoms with Crippen molar-refractivity contribution in [1.82, 2.24) is 0 Å². The van der Waals surface area contributed by atoms with E-state index < -0.39 is 6.10 Å². The summed E-state index contributed by atoms with van der Waals surface area (Å²) in [6, 6.07) is 9.41. The van der Waals surface area contributed by atoms with Crippen LogP contribution < -0.4 is 5.73 Å². The van der Waals surface area contributed by atoms with Crippen molar-refractivity contribution in [1.29, 1.82) is 0 Å². The number of rotatable bonds is 4. The number of thiophene rings is 1. The molecule has 0 amide bonds. The summed E-state index contributed by atoms with van der Waals surface area (Å²) in [6.07, 6.45) is -0.579. The van der Waals surface area contributed by atoms with Crippen molar-refractivity contribution in [3.05, 3.63) is 57.2 Å². The highest BCUT2D eigenvalue weighted by Crippen LogP contribution is 2.32. The van der Waals surface area contributed by atoms with Crippen LogP contribution in [-0.4, -0.2) is 11.7 Å². The maximum atomic E-state index is 10.3. The number of aliphatic hydroxyl groups excluding tert-OH is 1. The molecule has 0 saturated heterocycles. The Morgan fingerprint density at radius 3 is 2.71 bits per heavy atom. The molecule has 0 saturated carbocycles. The summed E-state index contributed by atoms with van der Waals surface area (Å²) in [5.74, 6) is -0.122. The van der Waals surface area contributed by atoms with E-state index >= 15 is 0 Å². The lowest BCUT2D eigenvalue weighted by atomic mass is 9.90. The molecule has 0 spiro atoms. The molecule has 0 bridgehead atoms. The number of hydrogen-bond acceptors (Lipinski definition) is 3. The first kappa shape index (κ1) is 12.6. The van der Waals surface area contributed by atoms with E-state index in [-0.39, 0.29) is 5.92 Å². The molecule has 0 aliphatic carbocycles. The molecule has 0 aliphatic rings. The van der Waals surface area contributed by atoms with Gasteiger partial charge in [0.15, 0.2) is 0 Å². The minimum absolute atomic E-state index is 0.122. The van der Waals surface area contributed by atoms with Gasteiger partial charge in [0, 0.05) is 17.5 Å². The van der Waals surface area contributed by atoms with E-state index in [0.29, 0.717) is 11.6 Å². The van der Waals surface area contributed by atoms with Crippen molar-refractivity contribution >= 4 is 22.9 Å². The minimum Gasteiger partial charge on any atom is -0.388 e. The zero-order valence-electron chi connectivity index (χ0n) is 9.21. The van der Waals surface area contributed by atoms with Crippen LogP contribution in [0.25, 0.3) is 0 Å². The summed E-state index contributed by atoms with van der Waals surface area (Å²) < 4.78 is 0. The molecule has 3 N–H and O–H groups in total. The van der Waals surface area contributed by atoms with E-state index in [2.05, 4.69) is 0 Å². The molecule has 17 heavy (non-hydrogen) atoms. The van der Waals surface area contributed by atoms with Gasteiger partial charge < -0.3 is 10.8 Å². The fraction of sp³-hybridized carbons (Fsp3) is 0.231. The second kappa shape index (κ2) is 5.65. The third-order valence-corrected chi connectivity index (χ3v) is 3.73. The third-order valence-electron chi connectivity index (χ3n) is 2.80. The van der Waals surface area contributed by atoms with Gasteiger partial charge in [0.05, 0.1) is 6.10 Å². The quantitative estimate of drug-likeness (QED) is 0.894. The lowest BCUT2D eigenvalue weighted by Gasteiger charge is -2.21. The summed E-state index contributed by atoms with van der Waals surface area (Å²) in [6.45, 7) is 0.386. The Morgan fingerprint density at radius 1 is 1.29 bits per heavy atom. The molecule has 2 aromatic rings. The Kier molecular flexibility index (Phi) is 4.18. The van der Waals surface area contributed by atoms with Crippen LogP contribution in [0.1, 0.15) is 23.1 Å². The summed E-state index contributed by atoms with van der Waals surface area (Å²) in [7, 11) is 0. The molecular formula is C13H14ClNOS. The molecule has 1 heterocycles. The summed E-state index contributed by atoms with van der Waals surface area (Å²) >= 11 is 7.52. The van der Waals surface area contributed by atoms with Crippen molar-refractivity contribution in [2.75, 3.05) is 6.54 Å². The van der Waals surface area contributed by atoms with E-state index in [1.165, 1.54) is 0 Å². The lowest BCUT2D eigenvalue weighted by molar-refractivity contribution is 0.148. The minimum atomic E-state index is -0.579. The van der Waals surface area contributed by atoms with Gasteiger partial charge in [0.25, 0.3) is 0 Å². The van der Waals surface area contributed by atoms with Gasteiger partial charge in [-0.15, -0.1) is 0 Å². The summed E-state index contributed by atoms with van der Waals surface area (Å²) in [4.78, 5) is 0. The maximum Gasteiger partial charge on any atom is 0.0878 e. The van der Waals surface area contributed by atoms with E-state index in [9.17, 15) is 5.11 Å². The Bertz CT molecular complexity index is 472. The largest absolute Gasteiger partial charge is 0.388 e. The highest BCUT2D eigenvalue weighted by molar-refractivity contribution is 7.07. The average molecular weight is 268 g/mol. The van der Waals surface area contributed by atoms with Gasteiger partial charge in [-0.2, -0.15) is 11.3 Å². The second-order valence-corrected chi connectivity index (χ2v) is 5.12. The summed E-state index contributed by atoms with van der Waals surface area (Å²) in [5.41, 5.74) is 7.64. The van der Waals surface area contributed by atoms with Crippen LogP contribution in [0.2, 0.25) is 5.02 Å². The van der Waals surface area contributed by atoms with Crippen molar-refractivity contribution in [3.8, 4) is 0 Å². The van der Waals surface area contributed by atoms with Crippen molar-refractivity contribution in [2.45, 2.75) is 12.0 Å². The molecule has 2 nitrogen and oxygen atoms in total. The maximum absolute atomic E-state index is 10.3. The molecule has 2 rings (SSSR count). The van der Waals surface area contributed by atoms with Crippen LogP contribution in [-0.2, 0) is 0 Å². The van der Waals surface area contributed by atoms with Crippen LogP contribution in [0.5, 0.6) is 0 Å². The van der Waals surface area contributed by atoms with Gasteiger partial charge in [-0.25, -0.2) is 0 Å². The third kappa shape index (κ3) is 2.87. The molecule has 2 atom stereocenters. The number of aliphatic hydroxyl groups is 1. The predicted molar refractivity (Wildman–Crippen MR) is 72.5 cm³/mol. The van der Waals surface area contributed by atoms with Crippen molar-refractivity contribution in [3.63, 3.8) is 0 Å². The van der Waals surface area contributed by atoms with Gasteiger partial charge in [-0.3, -0.25) is 0 Å². The number of hydrogen-bond donors (Lipinski definition) is 2. The van der Waals surface area contributed by atoms with E-state index in [4.69, 9.17) is 17.3 Å². The topological polar surface area (TPSA) is 46.2 Å². The molecular weight excluding hydrogens is 254 g/mol. The number of nitrogens with two attached hydrogens (primary N) is 1. The Hall–Kier alpha value is -0.870. The Labute approximate surface area is 110 Å². The molecule has 4 heteroatoms. The SMILES string of the molecule is NCC(c1cccc(Cl)c1)C(O)c1ccsc1. The fourth-order valence-corrected chi connectivity index (χ4v) is 2.75. The van der Waals surface area contributed by atoms with Gasteiger partial charge in [-0.1, -0.05) is 23.7 Å². The van der Waals surface area contributed by atoms with Gasteiger partial charge >= 0.3 is 0 Å². The Balaban J connectivity index is 2.27. The summed E-state index contributed by atoms with van der Waals surface area (Å²) in [5, 5.41) is 14.9. The molecule has 0 aliphatic heterocycles. The van der Waals surface area contributed by atoms with Gasteiger partial charge in [0.2, 0.25) is 0 Å². The first-order valence-electron chi connectivity index (χ1n) is 5.38. The standard InChI is InChI=1S/C13H14ClNOS/c14-11-3-1-2-9(6-11)12(7-15)13(16)10-4-5-17-8-10/h1-6,8,12-13,16H,7,15H2. The van der Waals surface area contributed by atoms with Crippen LogP contribution in [0.15, 0.2) is 41.1 Å². The van der Waals surface area contributed by atoms with Crippen LogP contribution in [0, 0.1) is 0 Å². The van der Waals surface area contributed by atoms with E-state index in [0.717, 1.165) is 11.1 Å². The molecule has 90 valence electrons. The van der Waals surface area contributed by atoms with Crippen molar-refractivity contribution < 1.29 is 5.11 Å². The highest BCUT2D eigenvalue weighted by Gasteiger charge is 2.21. The first-order chi connectivity index (χ1) is 8.22. The van der Waals surface area contributed by atoms with E-state index in [1.54, 1.807) is 11.3 Å². The molecule has 1 aromatic carbocycles. The average Bonchev–Trinajstić information content (AvgIpc) is 2.83. The molecule has 0 radical (unpaired) electrons. The predicted octanol–water partition coefficient (Wildman–Crippen LogP) is 3.18. The van der Waals surface area contributed by atoms with Crippen molar-refractivity contribution in [2.24, 2.45) is 5.73 Å². The van der Waals surface area contributed by atoms with E-state index in [1.807, 2.05) is 41.1 Å². The molecule has 1 aromatic heterocycles. The molecule has 0 fully saturated rings. The van der Waals surface area contributed by atoms with Crippen LogP contribution in [0.4, 0.5) is 0 Å². The zero-order valence-corrected chi connectivity index (χ0v) is 10.8. The monoisotopic (exact) mass is 267 g/mol. The van der Waals surface area contributed by atoms with Gasteiger partial charge in [-0.05, 0) is 40.1 Å². The second-order valence-electron chi connectivity index (χ2n) is 3.90. The first-order valence-corrected chi connectivity index (χ1v) is 6.70. The number of benzene rings is 1. The van der Waals surface area contributed by atoms with Crippen LogP contribution in [0.3, 0.4) is 0 Å². The molecule has 2 unspecified atom stereocenters. The van der Waals surface area contributed by atoms with Gasteiger partial charge in [0.1, 0.15) is 0 Å². The fourth-order valence-electron chi connectivity index (χ4n) is 1.86. The lowest BCUT2D eigenvalue weighted by Crippen LogP contribution is -2.19. The normalized spacial score (nSPS) is 14.5. The smallest absolute Gasteiger partial charge is 0.0878 e. The Morgan fingerprint density at radius 2 is 2.12 bits per heavy atom. The highest BCUT2D eigenvalue weighted by atomic mass is 35.5.